The summed E-state index contributed by atoms with van der Waals surface area (Å²) >= 11 is 0. The molecule has 0 radical (unpaired) electrons. The minimum atomic E-state index is -0.174. The van der Waals surface area contributed by atoms with Crippen LogP contribution in [0, 0.1) is 0 Å². The zero-order chi connectivity index (χ0) is 25.9. The zero-order valence-corrected chi connectivity index (χ0v) is 22.1. The van der Waals surface area contributed by atoms with Gasteiger partial charge in [-0.25, -0.2) is 9.97 Å². The quantitative estimate of drug-likeness (QED) is 0.263. The minimum Gasteiger partial charge on any atom is -0.352 e. The summed E-state index contributed by atoms with van der Waals surface area (Å²) in [6.45, 7) is 15.6. The third-order valence-corrected chi connectivity index (χ3v) is 6.65. The van der Waals surface area contributed by atoms with Gasteiger partial charge in [-0.3, -0.25) is 9.59 Å². The van der Waals surface area contributed by atoms with Crippen molar-refractivity contribution in [1.82, 2.24) is 30.4 Å². The molecular weight excluding hydrogens is 452 g/mol. The SMILES string of the molecule is CCN(CC)CCCNC(=O)c1cccc2nc3cccc(C(=O)NCCCN(CC)CC)c3nc12. The van der Waals surface area contributed by atoms with Crippen molar-refractivity contribution in [2.24, 2.45) is 0 Å². The Kier molecular flexibility index (Phi) is 10.6. The molecule has 36 heavy (non-hydrogen) atoms. The van der Waals surface area contributed by atoms with Crippen LogP contribution in [-0.2, 0) is 0 Å². The minimum absolute atomic E-state index is 0.174. The molecule has 0 atom stereocenters. The summed E-state index contributed by atoms with van der Waals surface area (Å²) in [5.74, 6) is -0.348. The van der Waals surface area contributed by atoms with Crippen molar-refractivity contribution in [3.05, 3.63) is 47.5 Å². The number of benzene rings is 2. The second-order valence-electron chi connectivity index (χ2n) is 8.84. The van der Waals surface area contributed by atoms with Crippen molar-refractivity contribution in [3.8, 4) is 0 Å². The van der Waals surface area contributed by atoms with Gasteiger partial charge in [0.1, 0.15) is 11.0 Å². The smallest absolute Gasteiger partial charge is 0.253 e. The Labute approximate surface area is 214 Å². The van der Waals surface area contributed by atoms with Crippen LogP contribution in [0.15, 0.2) is 36.4 Å². The largest absolute Gasteiger partial charge is 0.352 e. The molecule has 8 nitrogen and oxygen atoms in total. The number of hydrogen-bond donors (Lipinski definition) is 2. The van der Waals surface area contributed by atoms with Gasteiger partial charge < -0.3 is 20.4 Å². The molecule has 1 heterocycles. The van der Waals surface area contributed by atoms with E-state index in [2.05, 4.69) is 48.1 Å². The lowest BCUT2D eigenvalue weighted by Gasteiger charge is -2.18. The van der Waals surface area contributed by atoms with Crippen LogP contribution in [0.2, 0.25) is 0 Å². The van der Waals surface area contributed by atoms with Crippen molar-refractivity contribution in [2.75, 3.05) is 52.4 Å². The zero-order valence-electron chi connectivity index (χ0n) is 22.1. The monoisotopic (exact) mass is 492 g/mol. The maximum atomic E-state index is 13.0. The lowest BCUT2D eigenvalue weighted by molar-refractivity contribution is 0.0945. The number of carbonyl (C=O) groups is 2. The number of carbonyl (C=O) groups excluding carboxylic acids is 2. The summed E-state index contributed by atoms with van der Waals surface area (Å²) in [5, 5.41) is 6.03. The Balaban J connectivity index is 1.77. The molecule has 0 saturated heterocycles. The molecule has 0 saturated carbocycles. The van der Waals surface area contributed by atoms with E-state index in [1.165, 1.54) is 0 Å². The molecule has 0 aliphatic rings. The molecule has 0 fully saturated rings. The average Bonchev–Trinajstić information content (AvgIpc) is 2.91. The predicted octanol–water partition coefficient (Wildman–Crippen LogP) is 3.71. The number of fused-ring (bicyclic) bond motifs is 2. The normalized spacial score (nSPS) is 11.5. The molecule has 0 aliphatic heterocycles. The highest BCUT2D eigenvalue weighted by molar-refractivity contribution is 6.09. The van der Waals surface area contributed by atoms with Gasteiger partial charge in [-0.2, -0.15) is 0 Å². The fraction of sp³-hybridized carbons (Fsp3) is 0.500. The summed E-state index contributed by atoms with van der Waals surface area (Å²) in [4.78, 5) is 40.2. The van der Waals surface area contributed by atoms with E-state index in [4.69, 9.17) is 9.97 Å². The van der Waals surface area contributed by atoms with E-state index in [1.807, 2.05) is 24.3 Å². The summed E-state index contributed by atoms with van der Waals surface area (Å²) in [6.07, 6.45) is 1.76. The van der Waals surface area contributed by atoms with E-state index in [9.17, 15) is 9.59 Å². The van der Waals surface area contributed by atoms with Gasteiger partial charge in [0.25, 0.3) is 11.8 Å². The van der Waals surface area contributed by atoms with E-state index in [1.54, 1.807) is 12.1 Å². The van der Waals surface area contributed by atoms with Crippen LogP contribution < -0.4 is 10.6 Å². The molecule has 2 aromatic carbocycles. The molecule has 8 heteroatoms. The van der Waals surface area contributed by atoms with E-state index >= 15 is 0 Å². The maximum absolute atomic E-state index is 13.0. The van der Waals surface area contributed by atoms with Gasteiger partial charge in [0.2, 0.25) is 0 Å². The molecular formula is C28H40N6O2. The van der Waals surface area contributed by atoms with Crippen LogP contribution in [0.25, 0.3) is 22.1 Å². The fourth-order valence-electron chi connectivity index (χ4n) is 4.37. The average molecular weight is 493 g/mol. The van der Waals surface area contributed by atoms with Gasteiger partial charge in [-0.05, 0) is 76.4 Å². The first-order valence-electron chi connectivity index (χ1n) is 13.2. The molecule has 3 rings (SSSR count). The van der Waals surface area contributed by atoms with Gasteiger partial charge in [-0.15, -0.1) is 0 Å². The molecule has 194 valence electrons. The summed E-state index contributed by atoms with van der Waals surface area (Å²) in [7, 11) is 0. The van der Waals surface area contributed by atoms with Gasteiger partial charge in [0, 0.05) is 13.1 Å². The molecule has 0 bridgehead atoms. The fourth-order valence-corrected chi connectivity index (χ4v) is 4.37. The molecule has 0 aliphatic carbocycles. The van der Waals surface area contributed by atoms with Gasteiger partial charge >= 0.3 is 0 Å². The Bertz CT molecular complexity index is 1070. The number of nitrogens with one attached hydrogen (secondary N) is 2. The third-order valence-electron chi connectivity index (χ3n) is 6.65. The number of nitrogens with zero attached hydrogens (tertiary/aromatic N) is 4. The van der Waals surface area contributed by atoms with Crippen LogP contribution in [0.3, 0.4) is 0 Å². The first-order valence-corrected chi connectivity index (χ1v) is 13.2. The molecule has 1 aromatic heterocycles. The van der Waals surface area contributed by atoms with Crippen molar-refractivity contribution < 1.29 is 9.59 Å². The van der Waals surface area contributed by atoms with Crippen molar-refractivity contribution in [1.29, 1.82) is 0 Å². The van der Waals surface area contributed by atoms with Gasteiger partial charge in [0.05, 0.1) is 22.2 Å². The molecule has 0 spiro atoms. The first-order chi connectivity index (χ1) is 17.5. The second-order valence-corrected chi connectivity index (χ2v) is 8.84. The number of aromatic nitrogens is 2. The standard InChI is InChI=1S/C28H40N6O2/c1-5-33(6-2)19-11-17-29-27(35)21-13-9-15-23-25(21)32-26-22(14-10-16-24(26)31-23)28(36)30-18-12-20-34(7-3)8-4/h9-10,13-16H,5-8,11-12,17-20H2,1-4H3,(H,29,35)(H,30,36). The van der Waals surface area contributed by atoms with E-state index in [-0.39, 0.29) is 11.8 Å². The number of amides is 2. The Morgan fingerprint density at radius 2 is 1.08 bits per heavy atom. The van der Waals surface area contributed by atoms with Crippen LogP contribution in [0.1, 0.15) is 61.3 Å². The van der Waals surface area contributed by atoms with Gasteiger partial charge in [-0.1, -0.05) is 39.8 Å². The van der Waals surface area contributed by atoms with Crippen LogP contribution in [-0.4, -0.2) is 83.9 Å². The molecule has 2 amide bonds. The van der Waals surface area contributed by atoms with Crippen molar-refractivity contribution >= 4 is 33.9 Å². The topological polar surface area (TPSA) is 90.5 Å². The van der Waals surface area contributed by atoms with E-state index < -0.39 is 0 Å². The van der Waals surface area contributed by atoms with Crippen LogP contribution in [0.5, 0.6) is 0 Å². The maximum Gasteiger partial charge on any atom is 0.253 e. The Morgan fingerprint density at radius 3 is 1.47 bits per heavy atom. The Morgan fingerprint density at radius 1 is 0.667 bits per heavy atom. The first kappa shape index (κ1) is 27.5. The number of rotatable bonds is 14. The summed E-state index contributed by atoms with van der Waals surface area (Å²) in [6, 6.07) is 10.9. The highest BCUT2D eigenvalue weighted by atomic mass is 16.2. The summed E-state index contributed by atoms with van der Waals surface area (Å²) < 4.78 is 0. The number of para-hydroxylation sites is 2. The van der Waals surface area contributed by atoms with Crippen LogP contribution >= 0.6 is 0 Å². The van der Waals surface area contributed by atoms with Crippen molar-refractivity contribution in [2.45, 2.75) is 40.5 Å². The number of hydrogen-bond acceptors (Lipinski definition) is 6. The van der Waals surface area contributed by atoms with E-state index in [0.717, 1.165) is 52.1 Å². The molecule has 3 aromatic rings. The summed E-state index contributed by atoms with van der Waals surface area (Å²) in [5.41, 5.74) is 3.23. The van der Waals surface area contributed by atoms with E-state index in [0.29, 0.717) is 46.3 Å². The third kappa shape index (κ3) is 6.98. The van der Waals surface area contributed by atoms with Crippen LogP contribution in [0.4, 0.5) is 0 Å². The Hall–Kier alpha value is -3.10. The second kappa shape index (κ2) is 13.8. The van der Waals surface area contributed by atoms with Gasteiger partial charge in [0.15, 0.2) is 0 Å². The molecule has 2 N–H and O–H groups in total. The lowest BCUT2D eigenvalue weighted by Crippen LogP contribution is -2.30. The molecule has 0 unspecified atom stereocenters. The predicted molar refractivity (Wildman–Crippen MR) is 147 cm³/mol. The highest BCUT2D eigenvalue weighted by Gasteiger charge is 2.16. The van der Waals surface area contributed by atoms with Crippen molar-refractivity contribution in [3.63, 3.8) is 0 Å². The lowest BCUT2D eigenvalue weighted by atomic mass is 10.1. The highest BCUT2D eigenvalue weighted by Crippen LogP contribution is 2.22.